The molecule has 2 N–H and O–H groups in total. The minimum atomic E-state index is -0.105. The number of hydrogen-bond donors (Lipinski definition) is 2. The first-order valence-electron chi connectivity index (χ1n) is 11.7. The average Bonchev–Trinajstić information content (AvgIpc) is 3.22. The fourth-order valence-electron chi connectivity index (χ4n) is 4.83. The molecule has 0 unspecified atom stereocenters. The van der Waals surface area contributed by atoms with Gasteiger partial charge in [-0.3, -0.25) is 0 Å². The third kappa shape index (κ3) is 5.23. The van der Waals surface area contributed by atoms with Crippen LogP contribution in [0.25, 0.3) is 0 Å². The van der Waals surface area contributed by atoms with Crippen LogP contribution in [0.1, 0.15) is 81.9 Å². The molecule has 1 saturated carbocycles. The maximum Gasteiger partial charge on any atom is 0.319 e. The van der Waals surface area contributed by atoms with E-state index in [9.17, 15) is 4.79 Å². The molecule has 2 aromatic carbocycles. The van der Waals surface area contributed by atoms with Crippen molar-refractivity contribution in [3.8, 4) is 0 Å². The molecule has 0 spiro atoms. The fraction of sp³-hybridized carbons (Fsp3) is 0.519. The summed E-state index contributed by atoms with van der Waals surface area (Å²) < 4.78 is 0. The highest BCUT2D eigenvalue weighted by Crippen LogP contribution is 2.41. The molecule has 4 heteroatoms. The van der Waals surface area contributed by atoms with Crippen LogP contribution < -0.4 is 15.5 Å². The quantitative estimate of drug-likeness (QED) is 0.527. The van der Waals surface area contributed by atoms with E-state index in [0.29, 0.717) is 18.4 Å². The normalized spacial score (nSPS) is 15.4. The number of para-hydroxylation sites is 1. The van der Waals surface area contributed by atoms with Crippen LogP contribution in [0, 0.1) is 0 Å². The minimum Gasteiger partial charge on any atom is -0.378 e. The molecule has 1 aliphatic rings. The first kappa shape index (κ1) is 23.2. The molecule has 0 saturated heterocycles. The van der Waals surface area contributed by atoms with Gasteiger partial charge in [0, 0.05) is 37.4 Å². The van der Waals surface area contributed by atoms with Crippen molar-refractivity contribution in [2.45, 2.75) is 70.6 Å². The van der Waals surface area contributed by atoms with Gasteiger partial charge in [0.15, 0.2) is 0 Å². The molecule has 31 heavy (non-hydrogen) atoms. The molecular weight excluding hydrogens is 382 g/mol. The van der Waals surface area contributed by atoms with E-state index in [1.54, 1.807) is 0 Å². The Morgan fingerprint density at radius 3 is 1.97 bits per heavy atom. The average molecular weight is 422 g/mol. The molecule has 0 atom stereocenters. The van der Waals surface area contributed by atoms with E-state index in [2.05, 4.69) is 99.8 Å². The Balaban J connectivity index is 1.76. The lowest BCUT2D eigenvalue weighted by atomic mass is 9.78. The number of rotatable bonds is 7. The zero-order chi connectivity index (χ0) is 22.6. The first-order chi connectivity index (χ1) is 14.7. The van der Waals surface area contributed by atoms with E-state index < -0.39 is 0 Å². The van der Waals surface area contributed by atoms with Gasteiger partial charge in [-0.2, -0.15) is 0 Å². The Hall–Kier alpha value is -2.49. The van der Waals surface area contributed by atoms with Crippen molar-refractivity contribution in [1.29, 1.82) is 0 Å². The van der Waals surface area contributed by atoms with E-state index >= 15 is 0 Å². The lowest BCUT2D eigenvalue weighted by Gasteiger charge is -2.31. The molecule has 1 fully saturated rings. The number of benzene rings is 2. The molecule has 0 aromatic heterocycles. The Morgan fingerprint density at radius 2 is 1.48 bits per heavy atom. The van der Waals surface area contributed by atoms with Crippen molar-refractivity contribution in [2.75, 3.05) is 30.9 Å². The number of amides is 2. The van der Waals surface area contributed by atoms with Crippen molar-refractivity contribution >= 4 is 17.4 Å². The van der Waals surface area contributed by atoms with E-state index in [4.69, 9.17) is 0 Å². The molecule has 2 aromatic rings. The Kier molecular flexibility index (Phi) is 7.30. The van der Waals surface area contributed by atoms with Gasteiger partial charge in [-0.15, -0.1) is 0 Å². The summed E-state index contributed by atoms with van der Waals surface area (Å²) in [5, 5.41) is 6.42. The van der Waals surface area contributed by atoms with E-state index in [-0.39, 0.29) is 11.4 Å². The van der Waals surface area contributed by atoms with E-state index in [0.717, 1.165) is 18.5 Å². The number of carbonyl (C=O) groups excluding carboxylic acids is 1. The SMILES string of the molecule is CC(C)c1cccc(C(C)C)c1NC(=O)NCC1(c2ccc(N(C)C)cc2)CCCC1. The first-order valence-corrected chi connectivity index (χ1v) is 11.7. The molecule has 1 aliphatic carbocycles. The van der Waals surface area contributed by atoms with Gasteiger partial charge in [0.2, 0.25) is 0 Å². The standard InChI is InChI=1S/C27H39N3O/c1-19(2)23-10-9-11-24(20(3)4)25(23)29-26(31)28-18-27(16-7-8-17-27)21-12-14-22(15-13-21)30(5)6/h9-15,19-20H,7-8,16-18H2,1-6H3,(H2,28,29,31). The molecule has 0 heterocycles. The van der Waals surface area contributed by atoms with Crippen LogP contribution in [0.15, 0.2) is 42.5 Å². The van der Waals surface area contributed by atoms with Gasteiger partial charge in [-0.25, -0.2) is 4.79 Å². The van der Waals surface area contributed by atoms with Crippen LogP contribution in [0.5, 0.6) is 0 Å². The topological polar surface area (TPSA) is 44.4 Å². The predicted molar refractivity (Wildman–Crippen MR) is 133 cm³/mol. The summed E-state index contributed by atoms with van der Waals surface area (Å²) in [6.07, 6.45) is 4.67. The highest BCUT2D eigenvalue weighted by atomic mass is 16.2. The molecule has 0 aliphatic heterocycles. The van der Waals surface area contributed by atoms with Crippen LogP contribution in [0.3, 0.4) is 0 Å². The van der Waals surface area contributed by atoms with Crippen molar-refractivity contribution in [2.24, 2.45) is 0 Å². The number of carbonyl (C=O) groups is 1. The maximum atomic E-state index is 13.0. The van der Waals surface area contributed by atoms with Crippen molar-refractivity contribution in [1.82, 2.24) is 5.32 Å². The smallest absolute Gasteiger partial charge is 0.319 e. The molecule has 168 valence electrons. The lowest BCUT2D eigenvalue weighted by molar-refractivity contribution is 0.248. The summed E-state index contributed by atoms with van der Waals surface area (Å²) in [5.41, 5.74) is 5.92. The minimum absolute atomic E-state index is 0.0284. The number of nitrogens with one attached hydrogen (secondary N) is 2. The van der Waals surface area contributed by atoms with Crippen molar-refractivity contribution in [3.63, 3.8) is 0 Å². The number of anilines is 2. The van der Waals surface area contributed by atoms with Gasteiger partial charge in [0.25, 0.3) is 0 Å². The Bertz CT molecular complexity index is 852. The predicted octanol–water partition coefficient (Wildman–Crippen LogP) is 6.63. The Labute approximate surface area is 188 Å². The maximum absolute atomic E-state index is 13.0. The van der Waals surface area contributed by atoms with Gasteiger partial charge in [0.05, 0.1) is 0 Å². The largest absolute Gasteiger partial charge is 0.378 e. The van der Waals surface area contributed by atoms with Crippen molar-refractivity contribution < 1.29 is 4.79 Å². The van der Waals surface area contributed by atoms with Crippen LogP contribution in [-0.2, 0) is 5.41 Å². The van der Waals surface area contributed by atoms with E-state index in [1.165, 1.54) is 35.2 Å². The fourth-order valence-corrected chi connectivity index (χ4v) is 4.83. The van der Waals surface area contributed by atoms with Gasteiger partial charge >= 0.3 is 6.03 Å². The van der Waals surface area contributed by atoms with Gasteiger partial charge in [0.1, 0.15) is 0 Å². The number of nitrogens with zero attached hydrogens (tertiary/aromatic N) is 1. The number of urea groups is 1. The monoisotopic (exact) mass is 421 g/mol. The second kappa shape index (κ2) is 9.76. The summed E-state index contributed by atoms with van der Waals surface area (Å²) in [6.45, 7) is 9.36. The van der Waals surface area contributed by atoms with E-state index in [1.807, 2.05) is 0 Å². The lowest BCUT2D eigenvalue weighted by Crippen LogP contribution is -2.41. The van der Waals surface area contributed by atoms with Crippen LogP contribution in [-0.4, -0.2) is 26.7 Å². The summed E-state index contributed by atoms with van der Waals surface area (Å²) >= 11 is 0. The highest BCUT2D eigenvalue weighted by Gasteiger charge is 2.36. The van der Waals surface area contributed by atoms with Gasteiger partial charge < -0.3 is 15.5 Å². The molecule has 2 amide bonds. The van der Waals surface area contributed by atoms with Crippen LogP contribution >= 0.6 is 0 Å². The van der Waals surface area contributed by atoms with Crippen LogP contribution in [0.4, 0.5) is 16.2 Å². The third-order valence-corrected chi connectivity index (χ3v) is 6.76. The zero-order valence-electron chi connectivity index (χ0n) is 20.1. The zero-order valence-corrected chi connectivity index (χ0v) is 20.1. The summed E-state index contributed by atoms with van der Waals surface area (Å²) in [4.78, 5) is 15.1. The summed E-state index contributed by atoms with van der Waals surface area (Å²) in [5.74, 6) is 0.704. The molecule has 0 radical (unpaired) electrons. The highest BCUT2D eigenvalue weighted by molar-refractivity contribution is 5.91. The van der Waals surface area contributed by atoms with Crippen molar-refractivity contribution in [3.05, 3.63) is 59.2 Å². The molecular formula is C27H39N3O. The Morgan fingerprint density at radius 1 is 0.935 bits per heavy atom. The summed E-state index contributed by atoms with van der Waals surface area (Å²) in [6, 6.07) is 15.1. The molecule has 4 nitrogen and oxygen atoms in total. The second-order valence-electron chi connectivity index (χ2n) is 9.86. The summed E-state index contributed by atoms with van der Waals surface area (Å²) in [7, 11) is 4.12. The molecule has 0 bridgehead atoms. The van der Waals surface area contributed by atoms with Gasteiger partial charge in [-0.05, 0) is 53.5 Å². The third-order valence-electron chi connectivity index (χ3n) is 6.76. The second-order valence-corrected chi connectivity index (χ2v) is 9.86. The van der Waals surface area contributed by atoms with Gasteiger partial charge in [-0.1, -0.05) is 70.9 Å². The molecule has 3 rings (SSSR count). The van der Waals surface area contributed by atoms with Crippen LogP contribution in [0.2, 0.25) is 0 Å². The number of hydrogen-bond acceptors (Lipinski definition) is 2.